The van der Waals surface area contributed by atoms with Crippen LogP contribution in [0.15, 0.2) is 42.5 Å². The number of carbonyl (C=O) groups excluding carboxylic acids is 11. The van der Waals surface area contributed by atoms with E-state index in [1.54, 1.807) is 26.1 Å². The normalized spacial score (nSPS) is 26.4. The van der Waals surface area contributed by atoms with E-state index in [0.717, 1.165) is 22.6 Å². The molecule has 1 spiro atoms. The molecule has 22 nitrogen and oxygen atoms in total. The summed E-state index contributed by atoms with van der Waals surface area (Å²) in [5.41, 5.74) is -0.699. The van der Waals surface area contributed by atoms with Crippen LogP contribution < -0.4 is 16.0 Å². The van der Waals surface area contributed by atoms with Crippen LogP contribution in [0.4, 0.5) is 13.2 Å². The van der Waals surface area contributed by atoms with Gasteiger partial charge in [-0.1, -0.05) is 129 Å². The number of nitrogens with one attached hydrogen (secondary N) is 3. The van der Waals surface area contributed by atoms with Gasteiger partial charge in [-0.2, -0.15) is 13.2 Å². The van der Waals surface area contributed by atoms with Crippen LogP contribution in [0.5, 0.6) is 0 Å². The number of rotatable bonds is 13. The van der Waals surface area contributed by atoms with E-state index in [-0.39, 0.29) is 82.7 Å². The van der Waals surface area contributed by atoms with Crippen LogP contribution >= 0.6 is 11.6 Å². The summed E-state index contributed by atoms with van der Waals surface area (Å²) in [5.74, 6) is -7.69. The van der Waals surface area contributed by atoms with Crippen molar-refractivity contribution in [3.05, 3.63) is 69.7 Å². The summed E-state index contributed by atoms with van der Waals surface area (Å²) in [6.07, 6.45) is -1.62. The van der Waals surface area contributed by atoms with E-state index < -0.39 is 160 Å². The predicted molar refractivity (Wildman–Crippen MR) is 366 cm³/mol. The highest BCUT2D eigenvalue weighted by atomic mass is 35.5. The summed E-state index contributed by atoms with van der Waals surface area (Å²) in [4.78, 5) is 175. The van der Waals surface area contributed by atoms with Gasteiger partial charge in [0.1, 0.15) is 53.9 Å². The SMILES string of the molecule is CC[C@H](C)[C@@H]1NC(=O)[C@H](CC(C)C)N(C)C(=O)C[C@@H](CC(C)C)N(C)C(=O)[C@H]([C@@H](C)CC)N(C)C(=O)C2(CCCC2)NC(=O)[C@@H]2CCCN2C(=O)[C@H](CCc2ccc(C(F)(F)F)c(Cl)c2)NC(=O)CN(C)C(=O)[C@H](Cc2ccc(C)cc2)N(C)C(=O)[C@@H]2CCN2C(=O)[C@H](C)N(C)C1=O. The van der Waals surface area contributed by atoms with Crippen LogP contribution in [0.1, 0.15) is 168 Å². The van der Waals surface area contributed by atoms with Gasteiger partial charge < -0.3 is 55.1 Å². The molecule has 4 fully saturated rings. The summed E-state index contributed by atoms with van der Waals surface area (Å²) in [5, 5.41) is 8.21. The largest absolute Gasteiger partial charge is 0.417 e. The fourth-order valence-electron chi connectivity index (χ4n) is 14.1. The highest BCUT2D eigenvalue weighted by molar-refractivity contribution is 6.31. The van der Waals surface area contributed by atoms with Crippen LogP contribution in [0.3, 0.4) is 0 Å². The van der Waals surface area contributed by atoms with Gasteiger partial charge in [0.15, 0.2) is 0 Å². The molecule has 544 valence electrons. The van der Waals surface area contributed by atoms with Crippen molar-refractivity contribution in [2.75, 3.05) is 61.9 Å². The standard InChI is InChI=1S/C72H107ClF3N11O11/c1-17-45(8)60-68(96)81(12)47(10)64(92)87-35-31-55(87)67(95)84(15)57(39-49-25-23-44(7)24-26-49)66(94)80(11)41-58(88)77-53(30-28-48-27-29-51(52(73)38-48)72(74,75)76)65(93)86-34-21-22-54(86)63(91)79-71(32-19-20-33-71)70(98)85(16)61(46(9)18-2)69(97)82(13)50(36-42(3)4)40-59(89)83(14)56(37-43(5)6)62(90)78-60/h23-27,29,38,42-43,45-47,50,53-57,60-61H,17-22,28,30-37,39-41H2,1-16H3,(H,77,88)(H,78,90)(H,79,91)/t45-,46-,47-,50+,53-,54-,55-,56-,57-,60-,61-/m0/s1. The van der Waals surface area contributed by atoms with Crippen LogP contribution in [-0.2, 0) is 71.8 Å². The number of amides is 11. The van der Waals surface area contributed by atoms with Crippen LogP contribution in [0.2, 0.25) is 5.02 Å². The van der Waals surface area contributed by atoms with Crippen LogP contribution in [-0.4, -0.2) is 226 Å². The Balaban J connectivity index is 1.44. The fourth-order valence-corrected chi connectivity index (χ4v) is 14.4. The number of alkyl halides is 3. The number of likely N-dealkylation sites (N-methyl/N-ethyl adjacent to an activating group) is 6. The Bertz CT molecular complexity index is 3220. The Labute approximate surface area is 582 Å². The second-order valence-corrected chi connectivity index (χ2v) is 29.4. The van der Waals surface area contributed by atoms with Crippen molar-refractivity contribution in [3.8, 4) is 0 Å². The fraction of sp³-hybridized carbons (Fsp3) is 0.681. The number of carbonyl (C=O) groups is 11. The zero-order valence-corrected chi connectivity index (χ0v) is 61.1. The van der Waals surface area contributed by atoms with Gasteiger partial charge in [0, 0.05) is 74.3 Å². The lowest BCUT2D eigenvalue weighted by Gasteiger charge is -2.45. The molecule has 3 heterocycles. The van der Waals surface area contributed by atoms with Crippen LogP contribution in [0.25, 0.3) is 0 Å². The molecule has 2 aromatic rings. The summed E-state index contributed by atoms with van der Waals surface area (Å²) >= 11 is 6.15. The van der Waals surface area contributed by atoms with Crippen molar-refractivity contribution in [2.45, 2.75) is 232 Å². The molecule has 3 aliphatic heterocycles. The van der Waals surface area contributed by atoms with E-state index in [9.17, 15) is 46.7 Å². The first-order chi connectivity index (χ1) is 45.9. The number of nitrogens with zero attached hydrogens (tertiary/aromatic N) is 8. The van der Waals surface area contributed by atoms with E-state index in [4.69, 9.17) is 11.6 Å². The van der Waals surface area contributed by atoms with Crippen molar-refractivity contribution < 1.29 is 65.9 Å². The highest BCUT2D eigenvalue weighted by Gasteiger charge is 2.51. The molecule has 4 aliphatic rings. The molecule has 98 heavy (non-hydrogen) atoms. The molecular weight excluding hydrogens is 1290 g/mol. The van der Waals surface area contributed by atoms with Crippen molar-refractivity contribution in [2.24, 2.45) is 23.7 Å². The van der Waals surface area contributed by atoms with E-state index >= 15 is 19.2 Å². The number of fused-ring (bicyclic) bond motifs is 2. The molecule has 1 aliphatic carbocycles. The third-order valence-electron chi connectivity index (χ3n) is 20.9. The maximum absolute atomic E-state index is 15.4. The van der Waals surface area contributed by atoms with Crippen molar-refractivity contribution in [1.29, 1.82) is 0 Å². The smallest absolute Gasteiger partial charge is 0.343 e. The first-order valence-electron chi connectivity index (χ1n) is 34.9. The summed E-state index contributed by atoms with van der Waals surface area (Å²) < 4.78 is 41.6. The Kier molecular flexibility index (Phi) is 27.8. The highest BCUT2D eigenvalue weighted by Crippen LogP contribution is 2.37. The molecule has 6 rings (SSSR count). The quantitative estimate of drug-likeness (QED) is 0.184. The number of hydrogen-bond donors (Lipinski definition) is 3. The van der Waals surface area contributed by atoms with Gasteiger partial charge in [0.2, 0.25) is 65.0 Å². The van der Waals surface area contributed by atoms with E-state index in [1.807, 2.05) is 67.5 Å². The topological polar surface area (TPSA) is 250 Å². The second kappa shape index (κ2) is 34.2. The lowest BCUT2D eigenvalue weighted by atomic mass is 9.90. The Morgan fingerprint density at radius 2 is 1.21 bits per heavy atom. The number of benzene rings is 2. The van der Waals surface area contributed by atoms with Gasteiger partial charge in [-0.25, -0.2) is 0 Å². The van der Waals surface area contributed by atoms with Crippen molar-refractivity contribution in [3.63, 3.8) is 0 Å². The van der Waals surface area contributed by atoms with Crippen molar-refractivity contribution in [1.82, 2.24) is 55.1 Å². The molecule has 0 aromatic heterocycles. The van der Waals surface area contributed by atoms with Gasteiger partial charge >= 0.3 is 6.18 Å². The number of hydrogen-bond acceptors (Lipinski definition) is 11. The summed E-state index contributed by atoms with van der Waals surface area (Å²) in [7, 11) is 8.88. The second-order valence-electron chi connectivity index (χ2n) is 29.0. The molecule has 2 aromatic carbocycles. The lowest BCUT2D eigenvalue weighted by molar-refractivity contribution is -0.160. The Morgan fingerprint density at radius 1 is 0.612 bits per heavy atom. The minimum absolute atomic E-state index is 0.0305. The van der Waals surface area contributed by atoms with Crippen LogP contribution in [0, 0.1) is 30.6 Å². The Morgan fingerprint density at radius 3 is 1.78 bits per heavy atom. The Hall–Kier alpha value is -7.31. The minimum atomic E-state index is -4.76. The van der Waals surface area contributed by atoms with E-state index in [1.165, 1.54) is 82.5 Å². The van der Waals surface area contributed by atoms with E-state index in [0.29, 0.717) is 49.7 Å². The lowest BCUT2D eigenvalue weighted by Crippen LogP contribution is -2.65. The minimum Gasteiger partial charge on any atom is -0.343 e. The predicted octanol–water partition coefficient (Wildman–Crippen LogP) is 7.03. The third-order valence-corrected chi connectivity index (χ3v) is 21.2. The molecule has 11 amide bonds. The number of halogens is 4. The molecule has 26 heteroatoms. The van der Waals surface area contributed by atoms with Gasteiger partial charge in [-0.15, -0.1) is 0 Å². The molecule has 0 radical (unpaired) electrons. The summed E-state index contributed by atoms with van der Waals surface area (Å²) in [6.45, 7) is 18.1. The zero-order chi connectivity index (χ0) is 73.2. The molecule has 1 saturated carbocycles. The molecule has 3 N–H and O–H groups in total. The van der Waals surface area contributed by atoms with Gasteiger partial charge in [0.25, 0.3) is 0 Å². The average molecular weight is 1400 g/mol. The molecule has 11 atom stereocenters. The van der Waals surface area contributed by atoms with Gasteiger partial charge in [-0.05, 0) is 119 Å². The van der Waals surface area contributed by atoms with Gasteiger partial charge in [0.05, 0.1) is 17.1 Å². The monoisotopic (exact) mass is 1390 g/mol. The van der Waals surface area contributed by atoms with Crippen molar-refractivity contribution >= 4 is 76.6 Å². The first-order valence-corrected chi connectivity index (χ1v) is 35.3. The average Bonchev–Trinajstić information content (AvgIpc) is 1.32. The summed E-state index contributed by atoms with van der Waals surface area (Å²) in [6, 6.07) is 0.327. The zero-order valence-electron chi connectivity index (χ0n) is 60.4. The maximum Gasteiger partial charge on any atom is 0.417 e. The maximum atomic E-state index is 15.4. The number of aryl methyl sites for hydroxylation is 2. The molecular formula is C72H107ClF3N11O11. The third kappa shape index (κ3) is 19.0. The first kappa shape index (κ1) is 79.7. The van der Waals surface area contributed by atoms with Gasteiger partial charge in [-0.3, -0.25) is 52.7 Å². The molecule has 3 saturated heterocycles. The molecule has 0 bridgehead atoms. The molecule has 0 unspecified atom stereocenters. The van der Waals surface area contributed by atoms with E-state index in [2.05, 4.69) is 16.0 Å².